The Bertz CT molecular complexity index is 1070. The fourth-order valence-electron chi connectivity index (χ4n) is 5.47. The Morgan fingerprint density at radius 2 is 1.56 bits per heavy atom. The van der Waals surface area contributed by atoms with Crippen LogP contribution in [0.2, 0.25) is 0 Å². The zero-order valence-electron chi connectivity index (χ0n) is 19.3. The van der Waals surface area contributed by atoms with Crippen molar-refractivity contribution in [2.45, 2.75) is 23.2 Å². The molecule has 0 saturated carbocycles. The van der Waals surface area contributed by atoms with E-state index >= 15 is 0 Å². The molecule has 0 radical (unpaired) electrons. The van der Waals surface area contributed by atoms with E-state index in [1.165, 1.54) is 23.9 Å². The standard InChI is InChI=1S/C28H30F2N2OS/c1-32(14-8-16-34-26-18-24(29)17-25(30)19-26)15-13-23(20-32)28(27(31)33,21-9-4-2-5-10-21)22-11-6-3-7-12-22/h2-7,9-12,17-19,23H,8,13-16,20H2,1H3,(H-,31,33)/t23-,32+/m1/s1. The van der Waals surface area contributed by atoms with Gasteiger partial charge < -0.3 is 15.0 Å². The zero-order chi connectivity index (χ0) is 24.2. The molecule has 0 spiro atoms. The smallest absolute Gasteiger partial charge is 0.127 e. The van der Waals surface area contributed by atoms with Gasteiger partial charge in [-0.05, 0) is 29.2 Å². The second-order valence-electron chi connectivity index (χ2n) is 9.41. The van der Waals surface area contributed by atoms with E-state index in [-0.39, 0.29) is 5.92 Å². The molecule has 34 heavy (non-hydrogen) atoms. The third-order valence-corrected chi connectivity index (χ3v) is 8.12. The van der Waals surface area contributed by atoms with Crippen LogP contribution in [0.3, 0.4) is 0 Å². The van der Waals surface area contributed by atoms with Gasteiger partial charge in [0.15, 0.2) is 0 Å². The van der Waals surface area contributed by atoms with E-state index < -0.39 is 22.9 Å². The van der Waals surface area contributed by atoms with E-state index in [4.69, 9.17) is 5.41 Å². The van der Waals surface area contributed by atoms with Crippen LogP contribution in [0.1, 0.15) is 24.0 Å². The number of thioether (sulfide) groups is 1. The number of likely N-dealkylation sites (tertiary alicyclic amines) is 1. The fraction of sp³-hybridized carbons (Fsp3) is 0.321. The molecule has 3 nitrogen and oxygen atoms in total. The number of rotatable bonds is 9. The third-order valence-electron chi connectivity index (χ3n) is 7.05. The van der Waals surface area contributed by atoms with E-state index in [1.807, 2.05) is 60.7 Å². The van der Waals surface area contributed by atoms with Crippen molar-refractivity contribution in [3.05, 3.63) is 102 Å². The summed E-state index contributed by atoms with van der Waals surface area (Å²) < 4.78 is 27.7. The fourth-order valence-corrected chi connectivity index (χ4v) is 6.38. The molecule has 0 amide bonds. The van der Waals surface area contributed by atoms with E-state index in [0.29, 0.717) is 4.90 Å². The molecule has 0 aromatic heterocycles. The molecular weight excluding hydrogens is 450 g/mol. The van der Waals surface area contributed by atoms with Gasteiger partial charge in [-0.1, -0.05) is 60.7 Å². The molecular formula is C28H30F2N2OS. The molecule has 2 atom stereocenters. The van der Waals surface area contributed by atoms with E-state index in [1.54, 1.807) is 0 Å². The van der Waals surface area contributed by atoms with Crippen LogP contribution in [0.25, 0.3) is 0 Å². The molecule has 178 valence electrons. The van der Waals surface area contributed by atoms with Crippen LogP contribution < -0.4 is 5.11 Å². The van der Waals surface area contributed by atoms with Crippen LogP contribution in [0.15, 0.2) is 83.8 Å². The number of halogens is 2. The van der Waals surface area contributed by atoms with Gasteiger partial charge in [-0.15, -0.1) is 11.8 Å². The summed E-state index contributed by atoms with van der Waals surface area (Å²) in [7, 11) is 2.21. The highest BCUT2D eigenvalue weighted by Gasteiger charge is 2.49. The first kappa shape index (κ1) is 24.4. The minimum atomic E-state index is -0.994. The second kappa shape index (κ2) is 10.3. The average molecular weight is 481 g/mol. The van der Waals surface area contributed by atoms with Crippen molar-refractivity contribution in [1.29, 1.82) is 5.41 Å². The van der Waals surface area contributed by atoms with Crippen LogP contribution in [-0.2, 0) is 5.41 Å². The Morgan fingerprint density at radius 1 is 1.00 bits per heavy atom. The Morgan fingerprint density at radius 3 is 2.09 bits per heavy atom. The topological polar surface area (TPSA) is 46.9 Å². The maximum Gasteiger partial charge on any atom is 0.127 e. The highest BCUT2D eigenvalue weighted by atomic mass is 32.2. The van der Waals surface area contributed by atoms with E-state index in [9.17, 15) is 13.9 Å². The van der Waals surface area contributed by atoms with Crippen LogP contribution in [0, 0.1) is 23.0 Å². The van der Waals surface area contributed by atoms with Crippen LogP contribution in [-0.4, -0.2) is 42.8 Å². The molecule has 1 heterocycles. The van der Waals surface area contributed by atoms with Gasteiger partial charge in [0.1, 0.15) is 11.6 Å². The van der Waals surface area contributed by atoms with Gasteiger partial charge in [0.05, 0.1) is 32.1 Å². The van der Waals surface area contributed by atoms with Crippen molar-refractivity contribution in [3.63, 3.8) is 0 Å². The molecule has 3 aromatic rings. The lowest BCUT2D eigenvalue weighted by molar-refractivity contribution is -0.899. The number of hydrogen-bond acceptors (Lipinski definition) is 3. The lowest BCUT2D eigenvalue weighted by Crippen LogP contribution is -2.52. The number of quaternary nitrogens is 1. The summed E-state index contributed by atoms with van der Waals surface area (Å²) in [5.41, 5.74) is 0.763. The molecule has 1 aliphatic rings. The first-order valence-corrected chi connectivity index (χ1v) is 12.6. The molecule has 4 rings (SSSR count). The van der Waals surface area contributed by atoms with Crippen molar-refractivity contribution in [2.24, 2.45) is 5.92 Å². The van der Waals surface area contributed by atoms with Gasteiger partial charge in [-0.25, -0.2) is 8.78 Å². The minimum absolute atomic E-state index is 0.0114. The Balaban J connectivity index is 1.51. The minimum Gasteiger partial charge on any atom is -0.861 e. The van der Waals surface area contributed by atoms with Gasteiger partial charge in [0.25, 0.3) is 0 Å². The second-order valence-corrected chi connectivity index (χ2v) is 10.6. The number of nitrogens with one attached hydrogen (secondary N) is 1. The van der Waals surface area contributed by atoms with Gasteiger partial charge in [-0.2, -0.15) is 0 Å². The molecule has 0 unspecified atom stereocenters. The molecule has 1 N–H and O–H groups in total. The first-order chi connectivity index (χ1) is 16.3. The van der Waals surface area contributed by atoms with Gasteiger partial charge in [0.2, 0.25) is 0 Å². The van der Waals surface area contributed by atoms with Gasteiger partial charge >= 0.3 is 0 Å². The first-order valence-electron chi connectivity index (χ1n) is 11.6. The third kappa shape index (κ3) is 5.03. The lowest BCUT2D eigenvalue weighted by atomic mass is 9.65. The lowest BCUT2D eigenvalue weighted by Gasteiger charge is -2.43. The summed E-state index contributed by atoms with van der Waals surface area (Å²) >= 11 is 1.46. The maximum atomic E-state index is 13.4. The van der Waals surface area contributed by atoms with Crippen LogP contribution in [0.5, 0.6) is 0 Å². The molecule has 1 aliphatic heterocycles. The molecule has 0 aliphatic carbocycles. The number of hydrogen-bond donors (Lipinski definition) is 1. The average Bonchev–Trinajstić information content (AvgIpc) is 3.20. The molecule has 1 fully saturated rings. The summed E-state index contributed by atoms with van der Waals surface area (Å²) in [5.74, 6) is -0.894. The predicted molar refractivity (Wildman–Crippen MR) is 132 cm³/mol. The Hall–Kier alpha value is -2.70. The van der Waals surface area contributed by atoms with Crippen molar-refractivity contribution < 1.29 is 18.4 Å². The maximum absolute atomic E-state index is 13.4. The van der Waals surface area contributed by atoms with Crippen LogP contribution >= 0.6 is 11.8 Å². The summed E-state index contributed by atoms with van der Waals surface area (Å²) in [6.45, 7) is 2.64. The van der Waals surface area contributed by atoms with Crippen LogP contribution in [0.4, 0.5) is 8.78 Å². The highest BCUT2D eigenvalue weighted by molar-refractivity contribution is 7.99. The normalized spacial score (nSPS) is 20.4. The Kier molecular flexibility index (Phi) is 7.39. The molecule has 0 bridgehead atoms. The van der Waals surface area contributed by atoms with Crippen molar-refractivity contribution in [3.8, 4) is 0 Å². The predicted octanol–water partition coefficient (Wildman–Crippen LogP) is 5.24. The van der Waals surface area contributed by atoms with Crippen molar-refractivity contribution >= 4 is 17.7 Å². The van der Waals surface area contributed by atoms with Gasteiger partial charge in [0, 0.05) is 35.5 Å². The van der Waals surface area contributed by atoms with Crippen molar-refractivity contribution in [1.82, 2.24) is 0 Å². The zero-order valence-corrected chi connectivity index (χ0v) is 20.2. The summed E-state index contributed by atoms with van der Waals surface area (Å²) in [6.07, 6.45) is 1.75. The molecule has 6 heteroatoms. The highest BCUT2D eigenvalue weighted by Crippen LogP contribution is 2.45. The largest absolute Gasteiger partial charge is 0.861 e. The summed E-state index contributed by atoms with van der Waals surface area (Å²) in [6, 6.07) is 23.1. The Labute approximate surface area is 204 Å². The summed E-state index contributed by atoms with van der Waals surface area (Å²) in [4.78, 5) is 0.603. The number of nitrogens with zero attached hydrogens (tertiary/aromatic N) is 1. The van der Waals surface area contributed by atoms with E-state index in [2.05, 4.69) is 7.05 Å². The summed E-state index contributed by atoms with van der Waals surface area (Å²) in [5, 5.41) is 21.6. The SMILES string of the molecule is C[N@+]1(CCCSc2cc(F)cc(F)c2)CC[C@@H](C(C(=N)[O-])(c2ccccc2)c2ccccc2)C1. The quantitative estimate of drug-likeness (QED) is 0.150. The van der Waals surface area contributed by atoms with E-state index in [0.717, 1.165) is 59.9 Å². The monoisotopic (exact) mass is 480 g/mol. The molecule has 3 aromatic carbocycles. The van der Waals surface area contributed by atoms with Gasteiger partial charge in [-0.3, -0.25) is 0 Å². The number of benzene rings is 3. The molecule has 1 saturated heterocycles. The van der Waals surface area contributed by atoms with Crippen molar-refractivity contribution in [2.75, 3.05) is 32.4 Å².